The number of fused-ring (bicyclic) bond motifs is 1. The van der Waals surface area contributed by atoms with Gasteiger partial charge >= 0.3 is 0 Å². The topological polar surface area (TPSA) is 70.8 Å². The van der Waals surface area contributed by atoms with E-state index in [9.17, 15) is 9.59 Å². The number of nitrogens with zero attached hydrogens (tertiary/aromatic N) is 5. The molecule has 0 radical (unpaired) electrons. The molecule has 30 heavy (non-hydrogen) atoms. The van der Waals surface area contributed by atoms with E-state index in [-0.39, 0.29) is 17.0 Å². The maximum absolute atomic E-state index is 12.9. The van der Waals surface area contributed by atoms with Crippen molar-refractivity contribution < 1.29 is 4.79 Å². The normalized spacial score (nSPS) is 15.0. The number of hydrogen-bond acceptors (Lipinski definition) is 7. The highest BCUT2D eigenvalue weighted by atomic mass is 32.1. The molecule has 1 saturated heterocycles. The first-order valence-corrected chi connectivity index (χ1v) is 11.4. The Morgan fingerprint density at radius 3 is 2.67 bits per heavy atom. The van der Waals surface area contributed by atoms with Crippen molar-refractivity contribution in [2.45, 2.75) is 6.54 Å². The average molecular weight is 438 g/mol. The van der Waals surface area contributed by atoms with Gasteiger partial charge in [0.05, 0.1) is 5.69 Å². The number of thiazole rings is 2. The maximum Gasteiger partial charge on any atom is 0.271 e. The van der Waals surface area contributed by atoms with Gasteiger partial charge in [0.15, 0.2) is 4.96 Å². The van der Waals surface area contributed by atoms with Gasteiger partial charge in [0, 0.05) is 61.4 Å². The molecule has 1 aliphatic rings. The zero-order chi connectivity index (χ0) is 20.5. The smallest absolute Gasteiger partial charge is 0.271 e. The summed E-state index contributed by atoms with van der Waals surface area (Å²) in [7, 11) is 0. The minimum absolute atomic E-state index is 0.131. The van der Waals surface area contributed by atoms with Gasteiger partial charge in [-0.1, -0.05) is 30.3 Å². The first-order chi connectivity index (χ1) is 14.7. The Morgan fingerprint density at radius 2 is 1.87 bits per heavy atom. The summed E-state index contributed by atoms with van der Waals surface area (Å²) in [4.78, 5) is 39.0. The molecule has 1 amide bonds. The maximum atomic E-state index is 12.9. The largest absolute Gasteiger partial charge is 0.336 e. The summed E-state index contributed by atoms with van der Waals surface area (Å²) in [6.07, 6.45) is 3.06. The Balaban J connectivity index is 1.22. The minimum atomic E-state index is -0.301. The highest BCUT2D eigenvalue weighted by molar-refractivity contribution is 7.15. The molecule has 0 bridgehead atoms. The Hall–Kier alpha value is -2.88. The predicted octanol–water partition coefficient (Wildman–Crippen LogP) is 2.84. The molecule has 9 heteroatoms. The van der Waals surface area contributed by atoms with Gasteiger partial charge in [0.1, 0.15) is 10.6 Å². The van der Waals surface area contributed by atoms with E-state index >= 15 is 0 Å². The summed E-state index contributed by atoms with van der Waals surface area (Å²) < 4.78 is 1.43. The van der Waals surface area contributed by atoms with E-state index in [1.807, 2.05) is 18.2 Å². The van der Waals surface area contributed by atoms with Crippen molar-refractivity contribution in [1.82, 2.24) is 24.2 Å². The van der Waals surface area contributed by atoms with Gasteiger partial charge in [0.2, 0.25) is 0 Å². The molecule has 0 unspecified atom stereocenters. The fourth-order valence-corrected chi connectivity index (χ4v) is 5.06. The van der Waals surface area contributed by atoms with Gasteiger partial charge < -0.3 is 4.90 Å². The van der Waals surface area contributed by atoms with Crippen LogP contribution >= 0.6 is 22.7 Å². The lowest BCUT2D eigenvalue weighted by molar-refractivity contribution is 0.0625. The van der Waals surface area contributed by atoms with Crippen LogP contribution in [0.1, 0.15) is 16.1 Å². The van der Waals surface area contributed by atoms with Gasteiger partial charge in [-0.25, -0.2) is 9.97 Å². The molecule has 4 aromatic rings. The van der Waals surface area contributed by atoms with E-state index in [4.69, 9.17) is 4.98 Å². The van der Waals surface area contributed by atoms with Crippen molar-refractivity contribution in [1.29, 1.82) is 0 Å². The second-order valence-electron chi connectivity index (χ2n) is 7.11. The molecule has 0 atom stereocenters. The van der Waals surface area contributed by atoms with Gasteiger partial charge in [0.25, 0.3) is 11.5 Å². The zero-order valence-electron chi connectivity index (χ0n) is 16.1. The van der Waals surface area contributed by atoms with Crippen molar-refractivity contribution >= 4 is 33.5 Å². The third kappa shape index (κ3) is 3.67. The van der Waals surface area contributed by atoms with Crippen LogP contribution in [0.3, 0.4) is 0 Å². The van der Waals surface area contributed by atoms with Crippen molar-refractivity contribution in [3.8, 4) is 10.6 Å². The number of amides is 1. The number of piperazine rings is 1. The summed E-state index contributed by atoms with van der Waals surface area (Å²) in [5, 5.41) is 4.91. The van der Waals surface area contributed by atoms with Crippen LogP contribution in [0.25, 0.3) is 15.5 Å². The fraction of sp³-hybridized carbons (Fsp3) is 0.238. The van der Waals surface area contributed by atoms with Gasteiger partial charge in [-0.05, 0) is 0 Å². The zero-order valence-corrected chi connectivity index (χ0v) is 17.7. The quantitative estimate of drug-likeness (QED) is 0.491. The number of rotatable bonds is 4. The molecule has 0 spiro atoms. The van der Waals surface area contributed by atoms with Crippen molar-refractivity contribution in [3.63, 3.8) is 0 Å². The van der Waals surface area contributed by atoms with Crippen LogP contribution in [0.4, 0.5) is 0 Å². The van der Waals surface area contributed by atoms with Crippen LogP contribution in [0.5, 0.6) is 0 Å². The van der Waals surface area contributed by atoms with E-state index in [1.54, 1.807) is 27.8 Å². The van der Waals surface area contributed by atoms with E-state index in [0.717, 1.165) is 35.9 Å². The molecule has 0 N–H and O–H groups in total. The van der Waals surface area contributed by atoms with Crippen LogP contribution in [0, 0.1) is 0 Å². The van der Waals surface area contributed by atoms with Crippen molar-refractivity contribution in [2.24, 2.45) is 0 Å². The molecule has 1 aromatic carbocycles. The number of carbonyl (C=O) groups is 1. The lowest BCUT2D eigenvalue weighted by Gasteiger charge is -2.34. The van der Waals surface area contributed by atoms with Crippen molar-refractivity contribution in [3.05, 3.63) is 75.1 Å². The molecular formula is C21H19N5O2S2. The number of benzene rings is 1. The lowest BCUT2D eigenvalue weighted by atomic mass is 10.2. The summed E-state index contributed by atoms with van der Waals surface area (Å²) in [5.74, 6) is -0.243. The molecule has 7 nitrogen and oxygen atoms in total. The van der Waals surface area contributed by atoms with Crippen LogP contribution < -0.4 is 5.56 Å². The second kappa shape index (κ2) is 8.10. The fourth-order valence-electron chi connectivity index (χ4n) is 3.57. The molecule has 0 saturated carbocycles. The number of carbonyl (C=O) groups excluding carboxylic acids is 1. The number of hydrogen-bond donors (Lipinski definition) is 0. The predicted molar refractivity (Wildman–Crippen MR) is 118 cm³/mol. The van der Waals surface area contributed by atoms with Crippen LogP contribution in [0.2, 0.25) is 0 Å². The van der Waals surface area contributed by atoms with E-state index < -0.39 is 0 Å². The summed E-state index contributed by atoms with van der Waals surface area (Å²) >= 11 is 3.03. The molecule has 1 fully saturated rings. The second-order valence-corrected chi connectivity index (χ2v) is 8.84. The molecular weight excluding hydrogens is 418 g/mol. The lowest BCUT2D eigenvalue weighted by Crippen LogP contribution is -2.49. The number of aromatic nitrogens is 3. The molecule has 0 aliphatic carbocycles. The van der Waals surface area contributed by atoms with E-state index in [0.29, 0.717) is 18.1 Å². The highest BCUT2D eigenvalue weighted by Crippen LogP contribution is 2.24. The average Bonchev–Trinajstić information content (AvgIpc) is 3.45. The Bertz CT molecular complexity index is 1240. The van der Waals surface area contributed by atoms with E-state index in [2.05, 4.69) is 27.4 Å². The Kier molecular flexibility index (Phi) is 5.16. The van der Waals surface area contributed by atoms with Gasteiger partial charge in [-0.15, -0.1) is 22.7 Å². The monoisotopic (exact) mass is 437 g/mol. The Labute approximate surface area is 180 Å². The standard InChI is InChI=1S/C21H19N5O2S2/c27-19(17-12-22-21-26(20(17)28)10-11-29-21)25-8-6-24(7-9-25)13-16-14-30-18(23-16)15-4-2-1-3-5-15/h1-5,10-12,14H,6-9,13H2. The SMILES string of the molecule is O=C(c1cnc2sccn2c1=O)N1CCN(Cc2csc(-c3ccccc3)n2)CC1. The Morgan fingerprint density at radius 1 is 1.07 bits per heavy atom. The van der Waals surface area contributed by atoms with Gasteiger partial charge in [-0.2, -0.15) is 0 Å². The molecule has 5 rings (SSSR count). The highest BCUT2D eigenvalue weighted by Gasteiger charge is 2.25. The first-order valence-electron chi connectivity index (χ1n) is 9.65. The first kappa shape index (κ1) is 19.1. The summed E-state index contributed by atoms with van der Waals surface area (Å²) in [5.41, 5.74) is 2.01. The molecule has 152 valence electrons. The third-order valence-corrected chi connectivity index (χ3v) is 6.90. The third-order valence-electron chi connectivity index (χ3n) is 5.19. The summed E-state index contributed by atoms with van der Waals surface area (Å²) in [6.45, 7) is 3.43. The van der Waals surface area contributed by atoms with Crippen LogP contribution in [-0.2, 0) is 6.54 Å². The summed E-state index contributed by atoms with van der Waals surface area (Å²) in [6, 6.07) is 10.2. The minimum Gasteiger partial charge on any atom is -0.336 e. The molecule has 4 heterocycles. The van der Waals surface area contributed by atoms with Crippen molar-refractivity contribution in [2.75, 3.05) is 26.2 Å². The molecule has 1 aliphatic heterocycles. The van der Waals surface area contributed by atoms with Crippen LogP contribution in [-0.4, -0.2) is 56.3 Å². The van der Waals surface area contributed by atoms with Crippen LogP contribution in [0.15, 0.2) is 58.3 Å². The van der Waals surface area contributed by atoms with E-state index in [1.165, 1.54) is 21.9 Å². The molecule has 3 aromatic heterocycles. The van der Waals surface area contributed by atoms with Gasteiger partial charge in [-0.3, -0.25) is 18.9 Å².